The van der Waals surface area contributed by atoms with E-state index in [4.69, 9.17) is 4.52 Å². The Morgan fingerprint density at radius 2 is 2.43 bits per heavy atom. The van der Waals surface area contributed by atoms with Gasteiger partial charge in [-0.15, -0.1) is 0 Å². The molecule has 2 aromatic rings. The molecule has 1 atom stereocenters. The van der Waals surface area contributed by atoms with Gasteiger partial charge in [0.05, 0.1) is 0 Å². The lowest BCUT2D eigenvalue weighted by Crippen LogP contribution is -2.12. The van der Waals surface area contributed by atoms with Crippen molar-refractivity contribution >= 4 is 10.9 Å². The molecule has 0 spiro atoms. The molecule has 1 N–H and O–H groups in total. The zero-order chi connectivity index (χ0) is 9.38. The third kappa shape index (κ3) is 1.21. The van der Waals surface area contributed by atoms with E-state index < -0.39 is 0 Å². The Morgan fingerprint density at radius 1 is 1.43 bits per heavy atom. The van der Waals surface area contributed by atoms with Gasteiger partial charge >= 0.3 is 0 Å². The molecule has 1 unspecified atom stereocenters. The molecule has 1 saturated heterocycles. The molecule has 0 amide bonds. The van der Waals surface area contributed by atoms with Gasteiger partial charge < -0.3 is 9.84 Å². The third-order valence-electron chi connectivity index (χ3n) is 2.85. The Morgan fingerprint density at radius 3 is 3.29 bits per heavy atom. The number of nitrogens with zero attached hydrogens (tertiary/aromatic N) is 1. The number of aromatic nitrogens is 1. The average molecular weight is 188 g/mol. The zero-order valence-electron chi connectivity index (χ0n) is 7.86. The summed E-state index contributed by atoms with van der Waals surface area (Å²) in [6.07, 6.45) is 4.17. The standard InChI is InChI=1S/C11H12N2O/c1-2-10(12-5-1)8-3-4-9-7-14-13-11(9)6-8/h3-4,6-7,10,12H,1-2,5H2. The lowest BCUT2D eigenvalue weighted by Gasteiger charge is -2.09. The predicted molar refractivity (Wildman–Crippen MR) is 54.0 cm³/mol. The van der Waals surface area contributed by atoms with Crippen molar-refractivity contribution in [2.24, 2.45) is 0 Å². The van der Waals surface area contributed by atoms with Crippen molar-refractivity contribution in [1.29, 1.82) is 0 Å². The molecule has 1 aromatic heterocycles. The lowest BCUT2D eigenvalue weighted by atomic mass is 10.0. The van der Waals surface area contributed by atoms with Gasteiger partial charge in [0.15, 0.2) is 0 Å². The largest absolute Gasteiger partial charge is 0.364 e. The number of fused-ring (bicyclic) bond motifs is 1. The van der Waals surface area contributed by atoms with Crippen LogP contribution < -0.4 is 5.32 Å². The first-order chi connectivity index (χ1) is 6.93. The molecule has 3 rings (SSSR count). The minimum Gasteiger partial charge on any atom is -0.364 e. The van der Waals surface area contributed by atoms with Crippen molar-refractivity contribution in [2.45, 2.75) is 18.9 Å². The zero-order valence-corrected chi connectivity index (χ0v) is 7.86. The number of nitrogens with one attached hydrogen (secondary N) is 1. The molecule has 1 fully saturated rings. The third-order valence-corrected chi connectivity index (χ3v) is 2.85. The van der Waals surface area contributed by atoms with Gasteiger partial charge in [-0.3, -0.25) is 0 Å². The summed E-state index contributed by atoms with van der Waals surface area (Å²) in [4.78, 5) is 0. The number of hydrogen-bond acceptors (Lipinski definition) is 3. The molecular weight excluding hydrogens is 176 g/mol. The molecular formula is C11H12N2O. The van der Waals surface area contributed by atoms with Crippen molar-refractivity contribution in [3.05, 3.63) is 30.0 Å². The Labute approximate surface area is 82.1 Å². The summed E-state index contributed by atoms with van der Waals surface area (Å²) in [5.74, 6) is 0. The van der Waals surface area contributed by atoms with E-state index >= 15 is 0 Å². The molecule has 3 nitrogen and oxygen atoms in total. The molecule has 0 bridgehead atoms. The minimum atomic E-state index is 0.510. The summed E-state index contributed by atoms with van der Waals surface area (Å²) in [7, 11) is 0. The van der Waals surface area contributed by atoms with E-state index in [1.54, 1.807) is 6.26 Å². The molecule has 0 radical (unpaired) electrons. The molecule has 0 saturated carbocycles. The molecule has 1 aliphatic heterocycles. The Hall–Kier alpha value is -1.35. The Kier molecular flexibility index (Phi) is 1.77. The molecule has 72 valence electrons. The van der Waals surface area contributed by atoms with Crippen LogP contribution in [0.1, 0.15) is 24.4 Å². The van der Waals surface area contributed by atoms with Gasteiger partial charge in [0, 0.05) is 11.4 Å². The fraction of sp³-hybridized carbons (Fsp3) is 0.364. The summed E-state index contributed by atoms with van der Waals surface area (Å²) in [5.41, 5.74) is 2.28. The first-order valence-electron chi connectivity index (χ1n) is 5.01. The van der Waals surface area contributed by atoms with Crippen molar-refractivity contribution in [3.63, 3.8) is 0 Å². The topological polar surface area (TPSA) is 38.1 Å². The van der Waals surface area contributed by atoms with Crippen LogP contribution in [0.4, 0.5) is 0 Å². The highest BCUT2D eigenvalue weighted by Gasteiger charge is 2.16. The van der Waals surface area contributed by atoms with Crippen molar-refractivity contribution < 1.29 is 4.52 Å². The second-order valence-electron chi connectivity index (χ2n) is 3.78. The highest BCUT2D eigenvalue weighted by atomic mass is 16.5. The van der Waals surface area contributed by atoms with E-state index in [1.807, 2.05) is 0 Å². The van der Waals surface area contributed by atoms with E-state index in [2.05, 4.69) is 28.7 Å². The van der Waals surface area contributed by atoms with Crippen LogP contribution >= 0.6 is 0 Å². The average Bonchev–Trinajstić information content (AvgIpc) is 2.88. The second kappa shape index (κ2) is 3.10. The van der Waals surface area contributed by atoms with Gasteiger partial charge in [-0.25, -0.2) is 0 Å². The molecule has 1 aromatic carbocycles. The van der Waals surface area contributed by atoms with Crippen LogP contribution in [0.2, 0.25) is 0 Å². The van der Waals surface area contributed by atoms with Crippen LogP contribution in [0.5, 0.6) is 0 Å². The summed E-state index contributed by atoms with van der Waals surface area (Å²) in [5, 5.41) is 8.50. The maximum Gasteiger partial charge on any atom is 0.131 e. The number of rotatable bonds is 1. The summed E-state index contributed by atoms with van der Waals surface area (Å²) in [6, 6.07) is 6.85. The maximum atomic E-state index is 4.91. The molecule has 0 aliphatic carbocycles. The van der Waals surface area contributed by atoms with E-state index in [0.717, 1.165) is 17.4 Å². The van der Waals surface area contributed by atoms with Gasteiger partial charge in [0.25, 0.3) is 0 Å². The van der Waals surface area contributed by atoms with Crippen LogP contribution in [-0.2, 0) is 0 Å². The second-order valence-corrected chi connectivity index (χ2v) is 3.78. The van der Waals surface area contributed by atoms with Crippen LogP contribution in [0.15, 0.2) is 29.0 Å². The van der Waals surface area contributed by atoms with E-state index in [0.29, 0.717) is 6.04 Å². The van der Waals surface area contributed by atoms with Crippen LogP contribution in [0.25, 0.3) is 10.9 Å². The van der Waals surface area contributed by atoms with E-state index in [1.165, 1.54) is 18.4 Å². The van der Waals surface area contributed by atoms with Crippen molar-refractivity contribution in [2.75, 3.05) is 6.54 Å². The van der Waals surface area contributed by atoms with Crippen LogP contribution in [0.3, 0.4) is 0 Å². The SMILES string of the molecule is c1cc2conc2cc1C1CCCN1. The minimum absolute atomic E-state index is 0.510. The fourth-order valence-corrected chi connectivity index (χ4v) is 2.07. The smallest absolute Gasteiger partial charge is 0.131 e. The maximum absolute atomic E-state index is 4.91. The van der Waals surface area contributed by atoms with Crippen LogP contribution in [-0.4, -0.2) is 11.7 Å². The number of hydrogen-bond donors (Lipinski definition) is 1. The molecule has 2 heterocycles. The van der Waals surface area contributed by atoms with Crippen molar-refractivity contribution in [1.82, 2.24) is 10.5 Å². The van der Waals surface area contributed by atoms with Gasteiger partial charge in [0.2, 0.25) is 0 Å². The lowest BCUT2D eigenvalue weighted by molar-refractivity contribution is 0.428. The van der Waals surface area contributed by atoms with Crippen molar-refractivity contribution in [3.8, 4) is 0 Å². The van der Waals surface area contributed by atoms with Gasteiger partial charge in [-0.1, -0.05) is 11.2 Å². The van der Waals surface area contributed by atoms with Crippen LogP contribution in [0, 0.1) is 0 Å². The summed E-state index contributed by atoms with van der Waals surface area (Å²) >= 11 is 0. The molecule has 14 heavy (non-hydrogen) atoms. The first kappa shape index (κ1) is 8.00. The first-order valence-corrected chi connectivity index (χ1v) is 5.01. The Bertz CT molecular complexity index is 443. The van der Waals surface area contributed by atoms with Gasteiger partial charge in [0.1, 0.15) is 11.8 Å². The monoisotopic (exact) mass is 188 g/mol. The van der Waals surface area contributed by atoms with E-state index in [-0.39, 0.29) is 0 Å². The fourth-order valence-electron chi connectivity index (χ4n) is 2.07. The predicted octanol–water partition coefficient (Wildman–Crippen LogP) is 2.25. The Balaban J connectivity index is 2.04. The normalized spacial score (nSPS) is 21.9. The van der Waals surface area contributed by atoms with E-state index in [9.17, 15) is 0 Å². The molecule has 3 heteroatoms. The summed E-state index contributed by atoms with van der Waals surface area (Å²) < 4.78 is 4.91. The highest BCUT2D eigenvalue weighted by molar-refractivity contribution is 5.77. The quantitative estimate of drug-likeness (QED) is 0.745. The number of benzene rings is 1. The van der Waals surface area contributed by atoms with Gasteiger partial charge in [-0.05, 0) is 37.1 Å². The highest BCUT2D eigenvalue weighted by Crippen LogP contribution is 2.25. The summed E-state index contributed by atoms with van der Waals surface area (Å²) in [6.45, 7) is 1.13. The van der Waals surface area contributed by atoms with Gasteiger partial charge in [-0.2, -0.15) is 0 Å². The molecule has 1 aliphatic rings.